The van der Waals surface area contributed by atoms with Crippen LogP contribution in [0.3, 0.4) is 0 Å². The summed E-state index contributed by atoms with van der Waals surface area (Å²) >= 11 is 1.69. The second-order valence-electron chi connectivity index (χ2n) is 3.93. The van der Waals surface area contributed by atoms with Gasteiger partial charge in [0.15, 0.2) is 0 Å². The highest BCUT2D eigenvalue weighted by Crippen LogP contribution is 2.28. The third kappa shape index (κ3) is 3.53. The fourth-order valence-corrected chi connectivity index (χ4v) is 2.50. The quantitative estimate of drug-likeness (QED) is 0.883. The molecule has 0 spiro atoms. The van der Waals surface area contributed by atoms with E-state index in [9.17, 15) is 4.79 Å². The minimum absolute atomic E-state index is 0.547. The van der Waals surface area contributed by atoms with Crippen LogP contribution in [-0.4, -0.2) is 6.03 Å². The summed E-state index contributed by atoms with van der Waals surface area (Å²) in [6.07, 6.45) is 0. The van der Waals surface area contributed by atoms with Crippen molar-refractivity contribution in [3.63, 3.8) is 0 Å². The third-order valence-electron chi connectivity index (χ3n) is 2.35. The number of anilines is 1. The van der Waals surface area contributed by atoms with E-state index >= 15 is 0 Å². The van der Waals surface area contributed by atoms with Crippen LogP contribution < -0.4 is 11.1 Å². The molecule has 0 fully saturated rings. The Hall–Kier alpha value is -1.94. The Morgan fingerprint density at radius 1 is 1.11 bits per heavy atom. The van der Waals surface area contributed by atoms with Gasteiger partial charge in [0.2, 0.25) is 0 Å². The van der Waals surface area contributed by atoms with Crippen LogP contribution in [0, 0.1) is 6.92 Å². The first-order valence-corrected chi connectivity index (χ1v) is 6.36. The lowest BCUT2D eigenvalue weighted by Gasteiger charge is -2.05. The molecule has 92 valence electrons. The molecular formula is C14H14N2OS. The van der Waals surface area contributed by atoms with Crippen molar-refractivity contribution < 1.29 is 4.79 Å². The first-order valence-electron chi connectivity index (χ1n) is 5.54. The molecule has 4 heteroatoms. The molecule has 0 saturated carbocycles. The molecule has 0 aromatic heterocycles. The summed E-state index contributed by atoms with van der Waals surface area (Å²) in [7, 11) is 0. The van der Waals surface area contributed by atoms with Gasteiger partial charge in [0.25, 0.3) is 0 Å². The van der Waals surface area contributed by atoms with Crippen LogP contribution in [0.1, 0.15) is 5.56 Å². The lowest BCUT2D eigenvalue weighted by atomic mass is 10.2. The zero-order valence-corrected chi connectivity index (χ0v) is 10.8. The average Bonchev–Trinajstić information content (AvgIpc) is 2.31. The van der Waals surface area contributed by atoms with Crippen molar-refractivity contribution in [1.82, 2.24) is 0 Å². The molecule has 0 saturated heterocycles. The molecular weight excluding hydrogens is 244 g/mol. The van der Waals surface area contributed by atoms with Gasteiger partial charge >= 0.3 is 6.03 Å². The highest BCUT2D eigenvalue weighted by molar-refractivity contribution is 7.99. The Bertz CT molecular complexity index is 552. The third-order valence-corrected chi connectivity index (χ3v) is 3.34. The zero-order chi connectivity index (χ0) is 13.0. The summed E-state index contributed by atoms with van der Waals surface area (Å²) in [5.41, 5.74) is 6.99. The molecule has 18 heavy (non-hydrogen) atoms. The van der Waals surface area contributed by atoms with Gasteiger partial charge in [-0.1, -0.05) is 29.5 Å². The van der Waals surface area contributed by atoms with Gasteiger partial charge in [0.05, 0.1) is 0 Å². The Morgan fingerprint density at radius 3 is 2.44 bits per heavy atom. The van der Waals surface area contributed by atoms with Crippen molar-refractivity contribution in [2.75, 3.05) is 5.32 Å². The van der Waals surface area contributed by atoms with E-state index in [4.69, 9.17) is 5.73 Å². The number of carbonyl (C=O) groups is 1. The number of aryl methyl sites for hydroxylation is 1. The molecule has 0 bridgehead atoms. The lowest BCUT2D eigenvalue weighted by molar-refractivity contribution is 0.259. The summed E-state index contributed by atoms with van der Waals surface area (Å²) < 4.78 is 0. The summed E-state index contributed by atoms with van der Waals surface area (Å²) in [6.45, 7) is 2.07. The smallest absolute Gasteiger partial charge is 0.316 e. The predicted octanol–water partition coefficient (Wildman–Crippen LogP) is 3.64. The lowest BCUT2D eigenvalue weighted by Crippen LogP contribution is -2.19. The van der Waals surface area contributed by atoms with Crippen LogP contribution in [0.2, 0.25) is 0 Å². The van der Waals surface area contributed by atoms with E-state index in [1.165, 1.54) is 10.5 Å². The number of urea groups is 1. The molecule has 0 radical (unpaired) electrons. The topological polar surface area (TPSA) is 55.1 Å². The van der Waals surface area contributed by atoms with Gasteiger partial charge in [-0.25, -0.2) is 4.79 Å². The van der Waals surface area contributed by atoms with E-state index in [-0.39, 0.29) is 0 Å². The number of nitrogens with one attached hydrogen (secondary N) is 1. The van der Waals surface area contributed by atoms with Crippen LogP contribution in [0.4, 0.5) is 10.5 Å². The second-order valence-corrected chi connectivity index (χ2v) is 5.08. The number of benzene rings is 2. The number of primary amides is 1. The van der Waals surface area contributed by atoms with Crippen LogP contribution in [0.5, 0.6) is 0 Å². The zero-order valence-electron chi connectivity index (χ0n) is 10.0. The molecule has 2 amide bonds. The molecule has 2 aromatic rings. The van der Waals surface area contributed by atoms with Crippen molar-refractivity contribution in [1.29, 1.82) is 0 Å². The van der Waals surface area contributed by atoms with Gasteiger partial charge < -0.3 is 11.1 Å². The number of nitrogens with two attached hydrogens (primary N) is 1. The highest BCUT2D eigenvalue weighted by Gasteiger charge is 1.99. The van der Waals surface area contributed by atoms with Crippen molar-refractivity contribution in [2.24, 2.45) is 5.73 Å². The Labute approximate surface area is 110 Å². The van der Waals surface area contributed by atoms with Crippen LogP contribution >= 0.6 is 11.8 Å². The van der Waals surface area contributed by atoms with Crippen molar-refractivity contribution >= 4 is 23.5 Å². The molecule has 0 aliphatic carbocycles. The minimum Gasteiger partial charge on any atom is -0.351 e. The second kappa shape index (κ2) is 5.60. The minimum atomic E-state index is -0.547. The van der Waals surface area contributed by atoms with Crippen molar-refractivity contribution in [3.8, 4) is 0 Å². The van der Waals surface area contributed by atoms with E-state index in [0.717, 1.165) is 4.90 Å². The number of carbonyl (C=O) groups excluding carboxylic acids is 1. The molecule has 0 unspecified atom stereocenters. The van der Waals surface area contributed by atoms with Crippen LogP contribution in [-0.2, 0) is 0 Å². The van der Waals surface area contributed by atoms with Gasteiger partial charge in [-0.05, 0) is 43.3 Å². The SMILES string of the molecule is Cc1cccc(Sc2ccc(NC(N)=O)cc2)c1. The molecule has 3 nitrogen and oxygen atoms in total. The molecule has 2 aromatic carbocycles. The van der Waals surface area contributed by atoms with Crippen LogP contribution in [0.15, 0.2) is 58.3 Å². The Kier molecular flexibility index (Phi) is 3.89. The van der Waals surface area contributed by atoms with Gasteiger partial charge in [0.1, 0.15) is 0 Å². The fourth-order valence-electron chi connectivity index (χ4n) is 1.56. The number of hydrogen-bond donors (Lipinski definition) is 2. The van der Waals surface area contributed by atoms with Crippen molar-refractivity contribution in [3.05, 3.63) is 54.1 Å². The fraction of sp³-hybridized carbons (Fsp3) is 0.0714. The van der Waals surface area contributed by atoms with Gasteiger partial charge in [-0.2, -0.15) is 0 Å². The van der Waals surface area contributed by atoms with Gasteiger partial charge in [-0.15, -0.1) is 0 Å². The van der Waals surface area contributed by atoms with E-state index in [2.05, 4.69) is 30.4 Å². The average molecular weight is 258 g/mol. The van der Waals surface area contributed by atoms with E-state index in [1.807, 2.05) is 30.3 Å². The molecule has 0 aliphatic heterocycles. The largest absolute Gasteiger partial charge is 0.351 e. The van der Waals surface area contributed by atoms with Crippen LogP contribution in [0.25, 0.3) is 0 Å². The molecule has 3 N–H and O–H groups in total. The number of rotatable bonds is 3. The van der Waals surface area contributed by atoms with Crippen molar-refractivity contribution in [2.45, 2.75) is 16.7 Å². The van der Waals surface area contributed by atoms with Gasteiger partial charge in [-0.3, -0.25) is 0 Å². The molecule has 0 aliphatic rings. The molecule has 2 rings (SSSR count). The number of amides is 2. The highest BCUT2D eigenvalue weighted by atomic mass is 32.2. The maximum absolute atomic E-state index is 10.7. The first-order chi connectivity index (χ1) is 8.63. The molecule has 0 heterocycles. The standard InChI is InChI=1S/C14H14N2OS/c1-10-3-2-4-13(9-10)18-12-7-5-11(6-8-12)16-14(15)17/h2-9H,1H3,(H3,15,16,17). The summed E-state index contributed by atoms with van der Waals surface area (Å²) in [4.78, 5) is 13.0. The van der Waals surface area contributed by atoms with Gasteiger partial charge in [0, 0.05) is 15.5 Å². The normalized spacial score (nSPS) is 10.1. The van der Waals surface area contributed by atoms with E-state index in [1.54, 1.807) is 11.8 Å². The summed E-state index contributed by atoms with van der Waals surface area (Å²) in [5, 5.41) is 2.53. The van der Waals surface area contributed by atoms with E-state index < -0.39 is 6.03 Å². The monoisotopic (exact) mass is 258 g/mol. The number of hydrogen-bond acceptors (Lipinski definition) is 2. The summed E-state index contributed by atoms with van der Waals surface area (Å²) in [6, 6.07) is 15.4. The first kappa shape index (κ1) is 12.5. The maximum atomic E-state index is 10.7. The Balaban J connectivity index is 2.08. The summed E-state index contributed by atoms with van der Waals surface area (Å²) in [5.74, 6) is 0. The Morgan fingerprint density at radius 2 is 1.83 bits per heavy atom. The van der Waals surface area contributed by atoms with E-state index in [0.29, 0.717) is 5.69 Å². The predicted molar refractivity (Wildman–Crippen MR) is 75.0 cm³/mol. The molecule has 0 atom stereocenters. The maximum Gasteiger partial charge on any atom is 0.316 e.